The van der Waals surface area contributed by atoms with Gasteiger partial charge in [0.15, 0.2) is 5.69 Å². The van der Waals surface area contributed by atoms with E-state index in [1.54, 1.807) is 29.5 Å². The zero-order valence-electron chi connectivity index (χ0n) is 20.7. The van der Waals surface area contributed by atoms with E-state index in [1.165, 1.54) is 0 Å². The fraction of sp³-hybridized carbons (Fsp3) is 0.333. The first kappa shape index (κ1) is 23.1. The molecule has 0 saturated heterocycles. The summed E-state index contributed by atoms with van der Waals surface area (Å²) >= 11 is 0. The van der Waals surface area contributed by atoms with Crippen molar-refractivity contribution in [3.63, 3.8) is 0 Å². The second kappa shape index (κ2) is 8.94. The molecular weight excluding hydrogens is 470 g/mol. The van der Waals surface area contributed by atoms with E-state index >= 15 is 0 Å². The number of H-pyrrole nitrogens is 1. The van der Waals surface area contributed by atoms with Crippen molar-refractivity contribution >= 4 is 22.1 Å². The summed E-state index contributed by atoms with van der Waals surface area (Å²) in [5, 5.41) is 24.1. The lowest BCUT2D eigenvalue weighted by molar-refractivity contribution is 0.201. The van der Waals surface area contributed by atoms with Crippen LogP contribution in [-0.4, -0.2) is 47.2 Å². The number of aryl methyl sites for hydroxylation is 2. The molecule has 1 fully saturated rings. The first-order valence-electron chi connectivity index (χ1n) is 12.4. The highest BCUT2D eigenvalue weighted by Crippen LogP contribution is 2.43. The van der Waals surface area contributed by atoms with Crippen LogP contribution in [0.4, 0.5) is 0 Å². The highest BCUT2D eigenvalue weighted by atomic mass is 16.5. The van der Waals surface area contributed by atoms with Crippen molar-refractivity contribution in [1.29, 1.82) is 5.26 Å². The van der Waals surface area contributed by atoms with Crippen molar-refractivity contribution in [2.24, 2.45) is 14.1 Å². The summed E-state index contributed by atoms with van der Waals surface area (Å²) < 4.78 is 10.8. The van der Waals surface area contributed by atoms with Gasteiger partial charge in [0.05, 0.1) is 40.5 Å². The molecule has 4 heterocycles. The Bertz CT molecular complexity index is 1720. The van der Waals surface area contributed by atoms with E-state index in [4.69, 9.17) is 14.8 Å². The summed E-state index contributed by atoms with van der Waals surface area (Å²) in [7, 11) is 3.57. The average Bonchev–Trinajstić information content (AvgIpc) is 3.69. The van der Waals surface area contributed by atoms with Gasteiger partial charge in [-0.1, -0.05) is 25.0 Å². The zero-order chi connectivity index (χ0) is 25.7. The van der Waals surface area contributed by atoms with Gasteiger partial charge in [-0.15, -0.1) is 0 Å². The second-order valence-electron chi connectivity index (χ2n) is 9.51. The molecule has 0 bridgehead atoms. The molecule has 5 aromatic rings. The number of aromatic nitrogens is 6. The number of aliphatic hydroxyl groups excluding tert-OH is 1. The predicted octanol–water partition coefficient (Wildman–Crippen LogP) is 3.64. The molecule has 37 heavy (non-hydrogen) atoms. The van der Waals surface area contributed by atoms with Gasteiger partial charge in [0.2, 0.25) is 0 Å². The summed E-state index contributed by atoms with van der Waals surface area (Å²) in [6.07, 6.45) is 7.70. The molecule has 0 aliphatic heterocycles. The van der Waals surface area contributed by atoms with Crippen molar-refractivity contribution in [2.75, 3.05) is 13.2 Å². The molecule has 0 atom stereocenters. The average molecular weight is 498 g/mol. The maximum Gasteiger partial charge on any atom is 0.329 e. The van der Waals surface area contributed by atoms with Crippen molar-refractivity contribution in [1.82, 2.24) is 28.9 Å². The molecule has 1 saturated carbocycles. The van der Waals surface area contributed by atoms with Gasteiger partial charge in [0, 0.05) is 31.9 Å². The van der Waals surface area contributed by atoms with Gasteiger partial charge in [-0.05, 0) is 30.5 Å². The van der Waals surface area contributed by atoms with Crippen molar-refractivity contribution in [3.05, 3.63) is 52.8 Å². The Balaban J connectivity index is 1.71. The van der Waals surface area contributed by atoms with Crippen molar-refractivity contribution < 1.29 is 9.84 Å². The molecule has 1 aromatic carbocycles. The number of nitrogens with one attached hydrogen (secondary N) is 1. The predicted molar refractivity (Wildman–Crippen MR) is 139 cm³/mol. The van der Waals surface area contributed by atoms with E-state index in [-0.39, 0.29) is 24.9 Å². The number of hydrogen-bond acceptors (Lipinski definition) is 6. The summed E-state index contributed by atoms with van der Waals surface area (Å²) in [5.74, 6) is 0.643. The monoisotopic (exact) mass is 497 g/mol. The fourth-order valence-electron chi connectivity index (χ4n) is 5.61. The molecule has 10 heteroatoms. The summed E-state index contributed by atoms with van der Waals surface area (Å²) in [5.41, 5.74) is 5.64. The Labute approximate surface area is 212 Å². The lowest BCUT2D eigenvalue weighted by Crippen LogP contribution is -2.24. The number of ether oxygens (including phenoxy) is 1. The Morgan fingerprint density at radius 1 is 1.22 bits per heavy atom. The molecule has 4 aromatic heterocycles. The Morgan fingerprint density at radius 2 is 1.97 bits per heavy atom. The number of pyridine rings is 1. The van der Waals surface area contributed by atoms with E-state index < -0.39 is 0 Å². The normalized spacial score (nSPS) is 14.1. The van der Waals surface area contributed by atoms with Crippen molar-refractivity contribution in [3.8, 4) is 34.2 Å². The van der Waals surface area contributed by atoms with Crippen LogP contribution in [0.5, 0.6) is 5.75 Å². The number of imidazole rings is 1. The molecule has 6 rings (SSSR count). The number of hydrogen-bond donors (Lipinski definition) is 2. The van der Waals surface area contributed by atoms with Crippen LogP contribution in [-0.2, 0) is 14.1 Å². The summed E-state index contributed by atoms with van der Waals surface area (Å²) in [6, 6.07) is 9.93. The summed E-state index contributed by atoms with van der Waals surface area (Å²) in [6.45, 7) is 0.143. The quantitative estimate of drug-likeness (QED) is 0.369. The minimum Gasteiger partial charge on any atom is -0.491 e. The maximum atomic E-state index is 13.5. The molecule has 0 radical (unpaired) electrons. The van der Waals surface area contributed by atoms with Gasteiger partial charge in [-0.3, -0.25) is 13.8 Å². The molecule has 188 valence electrons. The minimum absolute atomic E-state index is 0.0447. The first-order chi connectivity index (χ1) is 18.0. The maximum absolute atomic E-state index is 13.5. The highest BCUT2D eigenvalue weighted by molar-refractivity contribution is 6.14. The number of rotatable bonds is 6. The van der Waals surface area contributed by atoms with E-state index in [0.29, 0.717) is 22.7 Å². The highest BCUT2D eigenvalue weighted by Gasteiger charge is 2.28. The number of benzene rings is 1. The molecule has 1 aliphatic carbocycles. The lowest BCUT2D eigenvalue weighted by Gasteiger charge is -2.13. The van der Waals surface area contributed by atoms with Gasteiger partial charge >= 0.3 is 5.69 Å². The minimum atomic E-state index is -0.0668. The topological polar surface area (TPSA) is 127 Å². The van der Waals surface area contributed by atoms with Crippen LogP contribution in [0.15, 0.2) is 41.5 Å². The van der Waals surface area contributed by atoms with Gasteiger partial charge in [-0.2, -0.15) is 10.4 Å². The fourth-order valence-corrected chi connectivity index (χ4v) is 5.61. The van der Waals surface area contributed by atoms with Crippen LogP contribution in [0.2, 0.25) is 0 Å². The van der Waals surface area contributed by atoms with Crippen LogP contribution < -0.4 is 10.4 Å². The Hall–Kier alpha value is -4.36. The molecule has 0 amide bonds. The first-order valence-corrected chi connectivity index (χ1v) is 12.4. The van der Waals surface area contributed by atoms with E-state index in [2.05, 4.69) is 16.2 Å². The number of nitrogens with zero attached hydrogens (tertiary/aromatic N) is 6. The van der Waals surface area contributed by atoms with Crippen LogP contribution in [0, 0.1) is 11.3 Å². The van der Waals surface area contributed by atoms with Gasteiger partial charge in [-0.25, -0.2) is 9.78 Å². The van der Waals surface area contributed by atoms with Crippen molar-refractivity contribution in [2.45, 2.75) is 31.7 Å². The number of nitriles is 1. The third-order valence-electron chi connectivity index (χ3n) is 7.27. The van der Waals surface area contributed by atoms with Gasteiger partial charge in [0.1, 0.15) is 24.1 Å². The lowest BCUT2D eigenvalue weighted by atomic mass is 9.98. The molecule has 0 unspecified atom stereocenters. The summed E-state index contributed by atoms with van der Waals surface area (Å²) in [4.78, 5) is 21.6. The Morgan fingerprint density at radius 3 is 2.68 bits per heavy atom. The standard InChI is InChI=1S/C27H27N7O3/c1-32-15-19(20(13-28)31-32)24-22(16-7-9-18(10-8-16)37-12-11-35)23-25-21(14-29-26(23)30-24)33(2)27(36)34(25)17-5-3-4-6-17/h7-10,14-15,17,35H,3-6,11-12H2,1-2H3,(H,29,30). The van der Waals surface area contributed by atoms with Crippen LogP contribution >= 0.6 is 0 Å². The molecular formula is C27H27N7O3. The van der Waals surface area contributed by atoms with Gasteiger partial charge in [0.25, 0.3) is 0 Å². The van der Waals surface area contributed by atoms with E-state index in [1.807, 2.05) is 35.0 Å². The third kappa shape index (κ3) is 3.62. The van der Waals surface area contributed by atoms with E-state index in [0.717, 1.165) is 58.9 Å². The molecule has 2 N–H and O–H groups in total. The van der Waals surface area contributed by atoms with Gasteiger partial charge < -0.3 is 14.8 Å². The van der Waals surface area contributed by atoms with E-state index in [9.17, 15) is 10.1 Å². The number of aromatic amines is 1. The van der Waals surface area contributed by atoms with Crippen LogP contribution in [0.3, 0.4) is 0 Å². The number of fused-ring (bicyclic) bond motifs is 3. The van der Waals surface area contributed by atoms with Crippen LogP contribution in [0.1, 0.15) is 37.4 Å². The largest absolute Gasteiger partial charge is 0.491 e. The molecule has 1 aliphatic rings. The third-order valence-corrected chi connectivity index (χ3v) is 7.27. The Kier molecular flexibility index (Phi) is 5.57. The molecule has 10 nitrogen and oxygen atoms in total. The molecule has 0 spiro atoms. The second-order valence-corrected chi connectivity index (χ2v) is 9.51. The zero-order valence-corrected chi connectivity index (χ0v) is 20.7. The van der Waals surface area contributed by atoms with Crippen LogP contribution in [0.25, 0.3) is 44.5 Å². The number of aliphatic hydroxyl groups is 1. The SMILES string of the molecule is Cn1cc(-c2[nH]c3ncc4c(c3c2-c2ccc(OCCO)cc2)n(C2CCCC2)c(=O)n4C)c(C#N)n1. The smallest absolute Gasteiger partial charge is 0.329 e.